The van der Waals surface area contributed by atoms with Gasteiger partial charge < -0.3 is 15.0 Å². The van der Waals surface area contributed by atoms with Crippen LogP contribution in [0.5, 0.6) is 0 Å². The fourth-order valence-electron chi connectivity index (χ4n) is 2.36. The molecule has 5 heteroatoms. The molecule has 0 radical (unpaired) electrons. The number of hydrogen-bond donors (Lipinski definition) is 1. The van der Waals surface area contributed by atoms with E-state index >= 15 is 0 Å². The first-order chi connectivity index (χ1) is 9.87. The molecule has 2 rings (SSSR count). The molecule has 1 aliphatic heterocycles. The van der Waals surface area contributed by atoms with Crippen LogP contribution in [0.3, 0.4) is 0 Å². The van der Waals surface area contributed by atoms with Crippen LogP contribution in [0.4, 0.5) is 10.5 Å². The third kappa shape index (κ3) is 4.38. The zero-order valence-electron chi connectivity index (χ0n) is 12.7. The molecule has 1 atom stereocenters. The Morgan fingerprint density at radius 3 is 2.90 bits per heavy atom. The van der Waals surface area contributed by atoms with Crippen LogP contribution in [-0.2, 0) is 4.74 Å². The second kappa shape index (κ2) is 6.04. The molecule has 0 saturated carbocycles. The highest BCUT2D eigenvalue weighted by atomic mass is 16.6. The number of rotatable bonds is 2. The summed E-state index contributed by atoms with van der Waals surface area (Å²) < 4.78 is 5.27. The normalized spacial score (nSPS) is 18.2. The molecule has 1 heterocycles. The summed E-state index contributed by atoms with van der Waals surface area (Å²) in [4.78, 5) is 13.9. The number of hydrogen-bond acceptors (Lipinski definition) is 4. The van der Waals surface area contributed by atoms with E-state index < -0.39 is 5.60 Å². The Bertz CT molecular complexity index is 557. The molecule has 1 N–H and O–H groups in total. The highest BCUT2D eigenvalue weighted by Gasteiger charge is 2.26. The second-order valence-corrected chi connectivity index (χ2v) is 6.24. The number of anilines is 1. The summed E-state index contributed by atoms with van der Waals surface area (Å²) in [6, 6.07) is 9.74. The van der Waals surface area contributed by atoms with E-state index in [4.69, 9.17) is 10.00 Å². The standard InChI is InChI=1S/C16H21N3O2/c1-16(2,3)21-15(20)18-13-7-8-19(11-13)14-6-4-5-12(9-14)10-17/h4-6,9,13H,7-8,11H2,1-3H3,(H,18,20)/t13-/m1/s1. The fraction of sp³-hybridized carbons (Fsp3) is 0.500. The van der Waals surface area contributed by atoms with Crippen LogP contribution in [-0.4, -0.2) is 30.8 Å². The van der Waals surface area contributed by atoms with Crippen molar-refractivity contribution < 1.29 is 9.53 Å². The Labute approximate surface area is 125 Å². The van der Waals surface area contributed by atoms with E-state index in [1.54, 1.807) is 6.07 Å². The number of carbonyl (C=O) groups is 1. The third-order valence-corrected chi connectivity index (χ3v) is 3.25. The van der Waals surface area contributed by atoms with Gasteiger partial charge in [-0.25, -0.2) is 4.79 Å². The summed E-state index contributed by atoms with van der Waals surface area (Å²) in [5, 5.41) is 11.8. The fourth-order valence-corrected chi connectivity index (χ4v) is 2.36. The zero-order valence-corrected chi connectivity index (χ0v) is 12.7. The lowest BCUT2D eigenvalue weighted by atomic mass is 10.2. The molecule has 0 bridgehead atoms. The third-order valence-electron chi connectivity index (χ3n) is 3.25. The lowest BCUT2D eigenvalue weighted by Gasteiger charge is -2.22. The summed E-state index contributed by atoms with van der Waals surface area (Å²) in [6.45, 7) is 7.13. The van der Waals surface area contributed by atoms with E-state index in [-0.39, 0.29) is 12.1 Å². The predicted molar refractivity (Wildman–Crippen MR) is 81.1 cm³/mol. The number of alkyl carbamates (subject to hydrolysis) is 1. The number of benzene rings is 1. The molecule has 1 aliphatic rings. The van der Waals surface area contributed by atoms with Crippen LogP contribution < -0.4 is 10.2 Å². The Morgan fingerprint density at radius 1 is 1.48 bits per heavy atom. The van der Waals surface area contributed by atoms with Gasteiger partial charge in [0.25, 0.3) is 0 Å². The van der Waals surface area contributed by atoms with Gasteiger partial charge in [-0.3, -0.25) is 0 Å². The Kier molecular flexibility index (Phi) is 4.37. The molecule has 21 heavy (non-hydrogen) atoms. The van der Waals surface area contributed by atoms with Crippen LogP contribution in [0.1, 0.15) is 32.8 Å². The smallest absolute Gasteiger partial charge is 0.407 e. The van der Waals surface area contributed by atoms with Gasteiger partial charge in [-0.1, -0.05) is 6.07 Å². The topological polar surface area (TPSA) is 65.4 Å². The van der Waals surface area contributed by atoms with Crippen molar-refractivity contribution in [3.63, 3.8) is 0 Å². The van der Waals surface area contributed by atoms with E-state index in [1.165, 1.54) is 0 Å². The van der Waals surface area contributed by atoms with Crippen LogP contribution >= 0.6 is 0 Å². The molecule has 0 unspecified atom stereocenters. The van der Waals surface area contributed by atoms with Crippen LogP contribution in [0.25, 0.3) is 0 Å². The Balaban J connectivity index is 1.92. The van der Waals surface area contributed by atoms with Gasteiger partial charge in [0.15, 0.2) is 0 Å². The predicted octanol–water partition coefficient (Wildman–Crippen LogP) is 2.66. The monoisotopic (exact) mass is 287 g/mol. The average molecular weight is 287 g/mol. The van der Waals surface area contributed by atoms with E-state index in [1.807, 2.05) is 39.0 Å². The maximum absolute atomic E-state index is 11.8. The molecular formula is C16H21N3O2. The van der Waals surface area contributed by atoms with Crippen molar-refractivity contribution >= 4 is 11.8 Å². The van der Waals surface area contributed by atoms with E-state index in [0.29, 0.717) is 5.56 Å². The average Bonchev–Trinajstić information content (AvgIpc) is 2.85. The summed E-state index contributed by atoms with van der Waals surface area (Å²) >= 11 is 0. The molecule has 1 fully saturated rings. The zero-order chi connectivity index (χ0) is 15.5. The molecule has 0 aliphatic carbocycles. The molecule has 1 amide bonds. The first-order valence-electron chi connectivity index (χ1n) is 7.12. The maximum Gasteiger partial charge on any atom is 0.407 e. The summed E-state index contributed by atoms with van der Waals surface area (Å²) in [7, 11) is 0. The van der Waals surface area contributed by atoms with Gasteiger partial charge in [-0.15, -0.1) is 0 Å². The number of nitrogens with one attached hydrogen (secondary N) is 1. The molecule has 112 valence electrons. The van der Waals surface area contributed by atoms with Gasteiger partial charge in [0.1, 0.15) is 5.60 Å². The van der Waals surface area contributed by atoms with Gasteiger partial charge in [0.05, 0.1) is 17.7 Å². The van der Waals surface area contributed by atoms with Crippen LogP contribution in [0.2, 0.25) is 0 Å². The highest BCUT2D eigenvalue weighted by molar-refractivity contribution is 5.68. The summed E-state index contributed by atoms with van der Waals surface area (Å²) in [5.41, 5.74) is 1.18. The minimum atomic E-state index is -0.483. The maximum atomic E-state index is 11.8. The summed E-state index contributed by atoms with van der Waals surface area (Å²) in [5.74, 6) is 0. The van der Waals surface area contributed by atoms with E-state index in [2.05, 4.69) is 16.3 Å². The molecule has 1 saturated heterocycles. The molecular weight excluding hydrogens is 266 g/mol. The number of ether oxygens (including phenoxy) is 1. The minimum Gasteiger partial charge on any atom is -0.444 e. The number of nitrogens with zero attached hydrogens (tertiary/aromatic N) is 2. The lowest BCUT2D eigenvalue weighted by Crippen LogP contribution is -2.40. The Morgan fingerprint density at radius 2 is 2.24 bits per heavy atom. The SMILES string of the molecule is CC(C)(C)OC(=O)N[C@@H]1CCN(c2cccc(C#N)c2)C1. The van der Waals surface area contributed by atoms with Gasteiger partial charge in [0.2, 0.25) is 0 Å². The van der Waals surface area contributed by atoms with Crippen molar-refractivity contribution in [1.29, 1.82) is 5.26 Å². The quantitative estimate of drug-likeness (QED) is 0.908. The van der Waals surface area contributed by atoms with Crippen molar-refractivity contribution in [3.05, 3.63) is 29.8 Å². The van der Waals surface area contributed by atoms with Gasteiger partial charge in [-0.2, -0.15) is 5.26 Å². The van der Waals surface area contributed by atoms with Crippen LogP contribution in [0, 0.1) is 11.3 Å². The van der Waals surface area contributed by atoms with E-state index in [0.717, 1.165) is 25.2 Å². The molecule has 1 aromatic rings. The molecule has 5 nitrogen and oxygen atoms in total. The summed E-state index contributed by atoms with van der Waals surface area (Å²) in [6.07, 6.45) is 0.496. The minimum absolute atomic E-state index is 0.0746. The number of amides is 1. The van der Waals surface area contributed by atoms with E-state index in [9.17, 15) is 4.79 Å². The van der Waals surface area contributed by atoms with Crippen molar-refractivity contribution in [2.75, 3.05) is 18.0 Å². The molecule has 1 aromatic carbocycles. The van der Waals surface area contributed by atoms with Crippen LogP contribution in [0.15, 0.2) is 24.3 Å². The molecule has 0 aromatic heterocycles. The van der Waals surface area contributed by atoms with Crippen molar-refractivity contribution in [1.82, 2.24) is 5.32 Å². The largest absolute Gasteiger partial charge is 0.444 e. The van der Waals surface area contributed by atoms with Crippen molar-refractivity contribution in [2.45, 2.75) is 38.8 Å². The first kappa shape index (κ1) is 15.2. The van der Waals surface area contributed by atoms with Crippen molar-refractivity contribution in [2.24, 2.45) is 0 Å². The first-order valence-corrected chi connectivity index (χ1v) is 7.12. The van der Waals surface area contributed by atoms with Gasteiger partial charge in [0, 0.05) is 18.8 Å². The Hall–Kier alpha value is -2.22. The van der Waals surface area contributed by atoms with Gasteiger partial charge in [-0.05, 0) is 45.4 Å². The molecule has 0 spiro atoms. The number of carbonyl (C=O) groups excluding carboxylic acids is 1. The number of nitriles is 1. The van der Waals surface area contributed by atoms with Crippen molar-refractivity contribution in [3.8, 4) is 6.07 Å². The highest BCUT2D eigenvalue weighted by Crippen LogP contribution is 2.21. The second-order valence-electron chi connectivity index (χ2n) is 6.24. The van der Waals surface area contributed by atoms with Gasteiger partial charge >= 0.3 is 6.09 Å². The lowest BCUT2D eigenvalue weighted by molar-refractivity contribution is 0.0509.